The molecule has 8 heteroatoms. The van der Waals surface area contributed by atoms with Crippen LogP contribution in [0.3, 0.4) is 0 Å². The highest BCUT2D eigenvalue weighted by molar-refractivity contribution is 7.87. The van der Waals surface area contributed by atoms with Crippen molar-refractivity contribution in [1.29, 1.82) is 0 Å². The van der Waals surface area contributed by atoms with Gasteiger partial charge in [0, 0.05) is 38.1 Å². The van der Waals surface area contributed by atoms with Crippen LogP contribution >= 0.6 is 0 Å². The average Bonchev–Trinajstić information content (AvgIpc) is 2.78. The number of carboxylic acid groups (broad SMARTS) is 1. The molecular weight excluding hydrogens is 294 g/mol. The molecule has 0 unspecified atom stereocenters. The molecule has 0 radical (unpaired) electrons. The third-order valence-electron chi connectivity index (χ3n) is 3.13. The Balaban J connectivity index is 2.25. The highest BCUT2D eigenvalue weighted by atomic mass is 32.2. The van der Waals surface area contributed by atoms with Gasteiger partial charge in [-0.05, 0) is 12.1 Å². The second-order valence-corrected chi connectivity index (χ2v) is 6.70. The first-order valence-electron chi connectivity index (χ1n) is 6.31. The van der Waals surface area contributed by atoms with Crippen LogP contribution in [-0.2, 0) is 16.8 Å². The smallest absolute Gasteiger partial charge is 0.352 e. The summed E-state index contributed by atoms with van der Waals surface area (Å²) in [6.07, 6.45) is 0. The van der Waals surface area contributed by atoms with E-state index in [2.05, 4.69) is 4.72 Å². The SMILES string of the molecule is CN(C)S(=O)(=O)NCCn1c(C(=O)O)cc2ccccc21. The van der Waals surface area contributed by atoms with Gasteiger partial charge in [0.05, 0.1) is 0 Å². The summed E-state index contributed by atoms with van der Waals surface area (Å²) in [4.78, 5) is 11.3. The highest BCUT2D eigenvalue weighted by Gasteiger charge is 2.16. The van der Waals surface area contributed by atoms with Crippen LogP contribution in [-0.4, -0.2) is 49.0 Å². The zero-order valence-corrected chi connectivity index (χ0v) is 12.6. The molecule has 0 bridgehead atoms. The van der Waals surface area contributed by atoms with Gasteiger partial charge in [-0.1, -0.05) is 18.2 Å². The van der Waals surface area contributed by atoms with Crippen molar-refractivity contribution in [2.45, 2.75) is 6.54 Å². The number of benzene rings is 1. The van der Waals surface area contributed by atoms with Crippen molar-refractivity contribution in [3.8, 4) is 0 Å². The van der Waals surface area contributed by atoms with Gasteiger partial charge in [-0.3, -0.25) is 0 Å². The number of nitrogens with one attached hydrogen (secondary N) is 1. The molecule has 0 aliphatic carbocycles. The number of hydrogen-bond acceptors (Lipinski definition) is 3. The van der Waals surface area contributed by atoms with Gasteiger partial charge >= 0.3 is 5.97 Å². The molecule has 1 aromatic carbocycles. The van der Waals surface area contributed by atoms with E-state index in [1.54, 1.807) is 10.6 Å². The van der Waals surface area contributed by atoms with E-state index >= 15 is 0 Å². The molecule has 2 aromatic rings. The molecule has 7 nitrogen and oxygen atoms in total. The molecular formula is C13H17N3O4S. The summed E-state index contributed by atoms with van der Waals surface area (Å²) in [5, 5.41) is 10.1. The molecule has 21 heavy (non-hydrogen) atoms. The summed E-state index contributed by atoms with van der Waals surface area (Å²) < 4.78 is 28.3. The number of aromatic carboxylic acids is 1. The molecule has 1 heterocycles. The van der Waals surface area contributed by atoms with E-state index in [-0.39, 0.29) is 18.8 Å². The maximum atomic E-state index is 11.6. The maximum absolute atomic E-state index is 11.6. The Hall–Kier alpha value is -1.90. The second-order valence-electron chi connectivity index (χ2n) is 4.73. The van der Waals surface area contributed by atoms with E-state index in [9.17, 15) is 18.3 Å². The Morgan fingerprint density at radius 2 is 2.00 bits per heavy atom. The summed E-state index contributed by atoms with van der Waals surface area (Å²) in [7, 11) is -0.662. The van der Waals surface area contributed by atoms with Gasteiger partial charge in [-0.15, -0.1) is 0 Å². The fraction of sp³-hybridized carbons (Fsp3) is 0.308. The Morgan fingerprint density at radius 1 is 1.33 bits per heavy atom. The summed E-state index contributed by atoms with van der Waals surface area (Å²) >= 11 is 0. The molecule has 0 amide bonds. The van der Waals surface area contributed by atoms with Crippen LogP contribution in [0.5, 0.6) is 0 Å². The fourth-order valence-corrected chi connectivity index (χ4v) is 2.65. The largest absolute Gasteiger partial charge is 0.477 e. The van der Waals surface area contributed by atoms with Crippen molar-refractivity contribution in [1.82, 2.24) is 13.6 Å². The molecule has 0 aliphatic rings. The fourth-order valence-electron chi connectivity index (χ4n) is 2.04. The number of carbonyl (C=O) groups is 1. The molecule has 2 N–H and O–H groups in total. The Labute approximate surface area is 123 Å². The number of nitrogens with zero attached hydrogens (tertiary/aromatic N) is 2. The van der Waals surface area contributed by atoms with Gasteiger partial charge in [-0.2, -0.15) is 12.7 Å². The van der Waals surface area contributed by atoms with E-state index in [1.807, 2.05) is 24.3 Å². The van der Waals surface area contributed by atoms with Crippen molar-refractivity contribution in [2.24, 2.45) is 0 Å². The van der Waals surface area contributed by atoms with Gasteiger partial charge in [0.15, 0.2) is 0 Å². The number of aromatic nitrogens is 1. The molecule has 2 rings (SSSR count). The van der Waals surface area contributed by atoms with Crippen LogP contribution in [0.4, 0.5) is 0 Å². The lowest BCUT2D eigenvalue weighted by Gasteiger charge is -2.13. The minimum atomic E-state index is -3.52. The molecule has 1 aromatic heterocycles. The number of fused-ring (bicyclic) bond motifs is 1. The molecule has 0 saturated heterocycles. The van der Waals surface area contributed by atoms with E-state index < -0.39 is 16.2 Å². The number of carboxylic acids is 1. The molecule has 0 saturated carbocycles. The third kappa shape index (κ3) is 3.23. The number of rotatable bonds is 6. The van der Waals surface area contributed by atoms with Gasteiger partial charge in [0.2, 0.25) is 0 Å². The average molecular weight is 311 g/mol. The standard InChI is InChI=1S/C13H17N3O4S/c1-15(2)21(19,20)14-7-8-16-11-6-4-3-5-10(11)9-12(16)13(17)18/h3-6,9,14H,7-8H2,1-2H3,(H,17,18). The van der Waals surface area contributed by atoms with Crippen molar-refractivity contribution in [3.05, 3.63) is 36.0 Å². The van der Waals surface area contributed by atoms with E-state index in [0.717, 1.165) is 15.2 Å². The lowest BCUT2D eigenvalue weighted by Crippen LogP contribution is -2.37. The van der Waals surface area contributed by atoms with Crippen LogP contribution in [0.15, 0.2) is 30.3 Å². The van der Waals surface area contributed by atoms with E-state index in [4.69, 9.17) is 0 Å². The zero-order chi connectivity index (χ0) is 15.6. The van der Waals surface area contributed by atoms with Crippen LogP contribution in [0.2, 0.25) is 0 Å². The first-order chi connectivity index (χ1) is 9.83. The first-order valence-corrected chi connectivity index (χ1v) is 7.75. The quantitative estimate of drug-likeness (QED) is 0.823. The van der Waals surface area contributed by atoms with E-state index in [1.165, 1.54) is 14.1 Å². The summed E-state index contributed by atoms with van der Waals surface area (Å²) in [5.74, 6) is -1.04. The lowest BCUT2D eigenvalue weighted by molar-refractivity contribution is 0.0685. The molecule has 114 valence electrons. The molecule has 0 fully saturated rings. The Morgan fingerprint density at radius 3 is 2.62 bits per heavy atom. The monoisotopic (exact) mass is 311 g/mol. The predicted octanol–water partition coefficient (Wildman–Crippen LogP) is 0.736. The zero-order valence-electron chi connectivity index (χ0n) is 11.8. The van der Waals surface area contributed by atoms with Crippen LogP contribution in [0.25, 0.3) is 10.9 Å². The normalized spacial score (nSPS) is 12.1. The maximum Gasteiger partial charge on any atom is 0.352 e. The highest BCUT2D eigenvalue weighted by Crippen LogP contribution is 2.19. The van der Waals surface area contributed by atoms with Gasteiger partial charge < -0.3 is 9.67 Å². The Kier molecular flexibility index (Phi) is 4.31. The van der Waals surface area contributed by atoms with Gasteiger partial charge in [0.1, 0.15) is 5.69 Å². The number of hydrogen-bond donors (Lipinski definition) is 2. The summed E-state index contributed by atoms with van der Waals surface area (Å²) in [5.41, 5.74) is 0.902. The molecule has 0 spiro atoms. The first kappa shape index (κ1) is 15.5. The topological polar surface area (TPSA) is 91.6 Å². The van der Waals surface area contributed by atoms with Crippen LogP contribution in [0.1, 0.15) is 10.5 Å². The van der Waals surface area contributed by atoms with Crippen molar-refractivity contribution in [3.63, 3.8) is 0 Å². The van der Waals surface area contributed by atoms with Gasteiger partial charge in [-0.25, -0.2) is 9.52 Å². The van der Waals surface area contributed by atoms with Crippen molar-refractivity contribution < 1.29 is 18.3 Å². The van der Waals surface area contributed by atoms with Gasteiger partial charge in [0.25, 0.3) is 10.2 Å². The van der Waals surface area contributed by atoms with Crippen LogP contribution in [0, 0.1) is 0 Å². The molecule has 0 aliphatic heterocycles. The minimum absolute atomic E-state index is 0.111. The summed E-state index contributed by atoms with van der Waals surface area (Å²) in [6, 6.07) is 8.85. The number of para-hydroxylation sites is 1. The summed E-state index contributed by atoms with van der Waals surface area (Å²) in [6.45, 7) is 0.349. The third-order valence-corrected chi connectivity index (χ3v) is 4.66. The minimum Gasteiger partial charge on any atom is -0.477 e. The van der Waals surface area contributed by atoms with Crippen molar-refractivity contribution >= 4 is 27.1 Å². The predicted molar refractivity (Wildman–Crippen MR) is 79.5 cm³/mol. The van der Waals surface area contributed by atoms with Crippen molar-refractivity contribution in [2.75, 3.05) is 20.6 Å². The molecule has 0 atom stereocenters. The lowest BCUT2D eigenvalue weighted by atomic mass is 10.2. The van der Waals surface area contributed by atoms with Crippen LogP contribution < -0.4 is 4.72 Å². The van der Waals surface area contributed by atoms with E-state index in [0.29, 0.717) is 0 Å². The second kappa shape index (κ2) is 5.84. The Bertz CT molecular complexity index is 765.